The minimum Gasteiger partial charge on any atom is -0.384 e. The number of nitrogens with zero attached hydrogens (tertiary/aromatic N) is 1. The minimum absolute atomic E-state index is 0.131. The van der Waals surface area contributed by atoms with E-state index >= 15 is 0 Å². The zero-order chi connectivity index (χ0) is 13.1. The summed E-state index contributed by atoms with van der Waals surface area (Å²) >= 11 is 0. The molecule has 1 aromatic carbocycles. The molecule has 1 fully saturated rings. The quantitative estimate of drug-likeness (QED) is 0.619. The van der Waals surface area contributed by atoms with Crippen molar-refractivity contribution in [3.63, 3.8) is 0 Å². The van der Waals surface area contributed by atoms with Gasteiger partial charge in [-0.15, -0.1) is 0 Å². The van der Waals surface area contributed by atoms with Crippen LogP contribution in [0, 0.1) is 12.3 Å². The van der Waals surface area contributed by atoms with Crippen LogP contribution < -0.4 is 10.6 Å². The molecule has 0 amide bonds. The van der Waals surface area contributed by atoms with Gasteiger partial charge in [0.05, 0.1) is 11.8 Å². The van der Waals surface area contributed by atoms with Gasteiger partial charge in [-0.3, -0.25) is 5.41 Å². The molecule has 0 spiro atoms. The van der Waals surface area contributed by atoms with E-state index in [1.807, 2.05) is 12.1 Å². The number of para-hydroxylation sites is 1. The molecule has 0 aliphatic carbocycles. The molecule has 0 aromatic heterocycles. The Morgan fingerprint density at radius 3 is 3.00 bits per heavy atom. The van der Waals surface area contributed by atoms with Gasteiger partial charge in [-0.25, -0.2) is 0 Å². The second kappa shape index (κ2) is 5.40. The predicted molar refractivity (Wildman–Crippen MR) is 74.4 cm³/mol. The third kappa shape index (κ3) is 2.64. The Labute approximate surface area is 108 Å². The van der Waals surface area contributed by atoms with E-state index in [1.54, 1.807) is 0 Å². The third-order valence-electron chi connectivity index (χ3n) is 3.30. The molecule has 4 nitrogen and oxygen atoms in total. The zero-order valence-corrected chi connectivity index (χ0v) is 11.1. The van der Waals surface area contributed by atoms with Crippen LogP contribution in [0.5, 0.6) is 0 Å². The van der Waals surface area contributed by atoms with E-state index < -0.39 is 0 Å². The summed E-state index contributed by atoms with van der Waals surface area (Å²) in [6.07, 6.45) is 1.22. The molecule has 3 N–H and O–H groups in total. The van der Waals surface area contributed by atoms with Gasteiger partial charge in [0.1, 0.15) is 5.84 Å². The monoisotopic (exact) mass is 247 g/mol. The van der Waals surface area contributed by atoms with Gasteiger partial charge in [-0.2, -0.15) is 0 Å². The van der Waals surface area contributed by atoms with E-state index in [2.05, 4.69) is 24.8 Å². The largest absolute Gasteiger partial charge is 0.384 e. The van der Waals surface area contributed by atoms with Gasteiger partial charge in [0.2, 0.25) is 0 Å². The lowest BCUT2D eigenvalue weighted by Gasteiger charge is -2.28. The van der Waals surface area contributed by atoms with Crippen LogP contribution in [0.1, 0.15) is 24.5 Å². The van der Waals surface area contributed by atoms with Crippen molar-refractivity contribution in [2.24, 2.45) is 5.73 Å². The van der Waals surface area contributed by atoms with Crippen molar-refractivity contribution in [2.45, 2.75) is 26.4 Å². The molecule has 1 atom stereocenters. The van der Waals surface area contributed by atoms with Crippen LogP contribution in [0.25, 0.3) is 0 Å². The fourth-order valence-corrected chi connectivity index (χ4v) is 2.49. The molecule has 18 heavy (non-hydrogen) atoms. The highest BCUT2D eigenvalue weighted by atomic mass is 16.5. The molecule has 0 radical (unpaired) electrons. The molecular formula is C14H21N3O. The Balaban J connectivity index is 2.39. The summed E-state index contributed by atoms with van der Waals surface area (Å²) in [5.74, 6) is 0.131. The van der Waals surface area contributed by atoms with Crippen molar-refractivity contribution in [1.82, 2.24) is 0 Å². The highest BCUT2D eigenvalue weighted by Gasteiger charge is 2.20. The van der Waals surface area contributed by atoms with Crippen LogP contribution in [0.4, 0.5) is 5.69 Å². The number of rotatable bonds is 2. The van der Waals surface area contributed by atoms with Gasteiger partial charge < -0.3 is 15.4 Å². The van der Waals surface area contributed by atoms with Gasteiger partial charge >= 0.3 is 0 Å². The van der Waals surface area contributed by atoms with Crippen molar-refractivity contribution < 1.29 is 4.74 Å². The standard InChI is InChI=1S/C14H21N3O/c1-10-5-3-6-12(14(15)16)13(10)17-7-4-8-18-11(2)9-17/h3,5-6,11H,4,7-9H2,1-2H3,(H3,15,16). The van der Waals surface area contributed by atoms with Gasteiger partial charge in [-0.05, 0) is 31.9 Å². The van der Waals surface area contributed by atoms with E-state index in [9.17, 15) is 0 Å². The van der Waals surface area contributed by atoms with Crippen molar-refractivity contribution in [3.05, 3.63) is 29.3 Å². The summed E-state index contributed by atoms with van der Waals surface area (Å²) in [5.41, 5.74) is 8.76. The van der Waals surface area contributed by atoms with Crippen LogP contribution in [-0.2, 0) is 4.74 Å². The molecule has 1 aliphatic heterocycles. The molecule has 1 heterocycles. The molecule has 0 saturated carbocycles. The van der Waals surface area contributed by atoms with Crippen LogP contribution in [0.15, 0.2) is 18.2 Å². The average Bonchev–Trinajstić information content (AvgIpc) is 2.53. The second-order valence-corrected chi connectivity index (χ2v) is 4.87. The fourth-order valence-electron chi connectivity index (χ4n) is 2.49. The van der Waals surface area contributed by atoms with Crippen molar-refractivity contribution >= 4 is 11.5 Å². The first-order valence-electron chi connectivity index (χ1n) is 6.40. The van der Waals surface area contributed by atoms with Crippen LogP contribution in [0.3, 0.4) is 0 Å². The van der Waals surface area contributed by atoms with Crippen molar-refractivity contribution in [2.75, 3.05) is 24.6 Å². The molecule has 98 valence electrons. The first-order chi connectivity index (χ1) is 8.59. The Hall–Kier alpha value is -1.55. The van der Waals surface area contributed by atoms with Crippen LogP contribution in [0.2, 0.25) is 0 Å². The maximum absolute atomic E-state index is 7.72. The Bertz CT molecular complexity index is 445. The first-order valence-corrected chi connectivity index (χ1v) is 6.40. The molecule has 1 saturated heterocycles. The number of hydrogen-bond donors (Lipinski definition) is 2. The molecule has 0 bridgehead atoms. The average molecular weight is 247 g/mol. The number of anilines is 1. The van der Waals surface area contributed by atoms with Gasteiger partial charge in [0.25, 0.3) is 0 Å². The number of hydrogen-bond acceptors (Lipinski definition) is 3. The smallest absolute Gasteiger partial charge is 0.124 e. The summed E-state index contributed by atoms with van der Waals surface area (Å²) < 4.78 is 5.67. The number of nitrogen functional groups attached to an aromatic ring is 1. The first kappa shape index (κ1) is 12.9. The van der Waals surface area contributed by atoms with Crippen molar-refractivity contribution in [3.8, 4) is 0 Å². The van der Waals surface area contributed by atoms with Crippen LogP contribution in [-0.4, -0.2) is 31.6 Å². The summed E-state index contributed by atoms with van der Waals surface area (Å²) in [6, 6.07) is 5.94. The maximum Gasteiger partial charge on any atom is 0.124 e. The highest BCUT2D eigenvalue weighted by Crippen LogP contribution is 2.26. The number of nitrogens with one attached hydrogen (secondary N) is 1. The van der Waals surface area contributed by atoms with E-state index in [0.717, 1.165) is 42.9 Å². The van der Waals surface area contributed by atoms with E-state index in [4.69, 9.17) is 15.9 Å². The molecule has 1 aliphatic rings. The van der Waals surface area contributed by atoms with Crippen LogP contribution >= 0.6 is 0 Å². The van der Waals surface area contributed by atoms with Gasteiger partial charge in [0, 0.05) is 25.3 Å². The number of aryl methyl sites for hydroxylation is 1. The lowest BCUT2D eigenvalue weighted by Crippen LogP contribution is -2.32. The number of benzene rings is 1. The van der Waals surface area contributed by atoms with Gasteiger partial charge in [-0.1, -0.05) is 12.1 Å². The summed E-state index contributed by atoms with van der Waals surface area (Å²) in [4.78, 5) is 2.30. The second-order valence-electron chi connectivity index (χ2n) is 4.87. The number of nitrogens with two attached hydrogens (primary N) is 1. The fraction of sp³-hybridized carbons (Fsp3) is 0.500. The lowest BCUT2D eigenvalue weighted by molar-refractivity contribution is 0.0821. The molecule has 4 heteroatoms. The molecule has 1 aromatic rings. The molecule has 2 rings (SSSR count). The number of amidine groups is 1. The van der Waals surface area contributed by atoms with E-state index in [1.165, 1.54) is 0 Å². The zero-order valence-electron chi connectivity index (χ0n) is 11.1. The Kier molecular flexibility index (Phi) is 3.87. The number of ether oxygens (including phenoxy) is 1. The summed E-state index contributed by atoms with van der Waals surface area (Å²) in [7, 11) is 0. The van der Waals surface area contributed by atoms with Gasteiger partial charge in [0.15, 0.2) is 0 Å². The summed E-state index contributed by atoms with van der Waals surface area (Å²) in [6.45, 7) is 6.77. The Morgan fingerprint density at radius 1 is 1.50 bits per heavy atom. The highest BCUT2D eigenvalue weighted by molar-refractivity contribution is 6.01. The third-order valence-corrected chi connectivity index (χ3v) is 3.30. The van der Waals surface area contributed by atoms with Crippen molar-refractivity contribution in [1.29, 1.82) is 5.41 Å². The predicted octanol–water partition coefficient (Wildman–Crippen LogP) is 1.89. The molecule has 1 unspecified atom stereocenters. The summed E-state index contributed by atoms with van der Waals surface area (Å²) in [5, 5.41) is 7.72. The maximum atomic E-state index is 7.72. The van der Waals surface area contributed by atoms with E-state index in [-0.39, 0.29) is 11.9 Å². The topological polar surface area (TPSA) is 62.3 Å². The Morgan fingerprint density at radius 2 is 2.28 bits per heavy atom. The lowest BCUT2D eigenvalue weighted by atomic mass is 10.1. The minimum atomic E-state index is 0.131. The molecular weight excluding hydrogens is 226 g/mol. The SMILES string of the molecule is Cc1cccc(C(=N)N)c1N1CCCOC(C)C1. The normalized spacial score (nSPS) is 20.6. The van der Waals surface area contributed by atoms with E-state index in [0.29, 0.717) is 0 Å².